The van der Waals surface area contributed by atoms with Crippen molar-refractivity contribution in [2.45, 2.75) is 23.1 Å². The van der Waals surface area contributed by atoms with Crippen LogP contribution >= 0.6 is 23.1 Å². The third-order valence-corrected chi connectivity index (χ3v) is 7.76. The number of benzene rings is 2. The highest BCUT2D eigenvalue weighted by Gasteiger charge is 2.46. The summed E-state index contributed by atoms with van der Waals surface area (Å²) in [5.74, 6) is -0.139. The second-order valence-corrected chi connectivity index (χ2v) is 10.2. The minimum absolute atomic E-state index is 0.0352. The predicted molar refractivity (Wildman–Crippen MR) is 137 cm³/mol. The molecule has 0 bridgehead atoms. The standard InChI is InChI=1S/C26H21N3O5S2/c1-15-11-12-19(34-15)22(30)20-21(17-9-6-10-18(13-17)33-2)29(24(32)23(20)31)25-27-28-26(36-25)35-14-16-7-4-3-5-8-16/h3-13,21,31H,14H2,1-2H3. The van der Waals surface area contributed by atoms with Crippen LogP contribution in [0.25, 0.3) is 0 Å². The molecule has 0 fully saturated rings. The zero-order chi connectivity index (χ0) is 25.2. The second kappa shape index (κ2) is 10.00. The number of Topliss-reactive ketones (excluding diaryl/α,β-unsaturated/α-hetero) is 1. The molecule has 0 saturated heterocycles. The van der Waals surface area contributed by atoms with Gasteiger partial charge in [0.15, 0.2) is 15.9 Å². The van der Waals surface area contributed by atoms with Crippen molar-refractivity contribution >= 4 is 39.9 Å². The summed E-state index contributed by atoms with van der Waals surface area (Å²) in [6, 6.07) is 19.2. The minimum Gasteiger partial charge on any atom is -0.503 e. The molecule has 36 heavy (non-hydrogen) atoms. The highest BCUT2D eigenvalue weighted by Crippen LogP contribution is 2.44. The Hall–Kier alpha value is -3.89. The van der Waals surface area contributed by atoms with Gasteiger partial charge in [-0.25, -0.2) is 0 Å². The smallest absolute Gasteiger partial charge is 0.296 e. The Kier molecular flexibility index (Phi) is 6.62. The van der Waals surface area contributed by atoms with Crippen molar-refractivity contribution in [1.29, 1.82) is 0 Å². The number of aryl methyl sites for hydroxylation is 1. The number of aliphatic hydroxyl groups excluding tert-OH is 1. The SMILES string of the molecule is COc1cccc(C2C(C(=O)c3ccc(C)o3)=C(O)C(=O)N2c2nnc(SCc3ccccc3)s2)c1. The van der Waals surface area contributed by atoms with Crippen LogP contribution in [-0.4, -0.2) is 34.1 Å². The van der Waals surface area contributed by atoms with Gasteiger partial charge in [0.05, 0.1) is 18.7 Å². The van der Waals surface area contributed by atoms with Crippen LogP contribution in [0.1, 0.15) is 33.5 Å². The van der Waals surface area contributed by atoms with Crippen LogP contribution in [0.4, 0.5) is 5.13 Å². The van der Waals surface area contributed by atoms with Crippen LogP contribution in [0.3, 0.4) is 0 Å². The molecule has 1 amide bonds. The number of methoxy groups -OCH3 is 1. The Balaban J connectivity index is 1.52. The van der Waals surface area contributed by atoms with E-state index < -0.39 is 23.5 Å². The monoisotopic (exact) mass is 519 g/mol. The fourth-order valence-electron chi connectivity index (χ4n) is 3.93. The summed E-state index contributed by atoms with van der Waals surface area (Å²) in [5, 5.41) is 19.6. The van der Waals surface area contributed by atoms with Gasteiger partial charge in [-0.05, 0) is 42.3 Å². The number of furan rings is 1. The molecule has 0 aliphatic carbocycles. The lowest BCUT2D eigenvalue weighted by molar-refractivity contribution is -0.117. The average Bonchev–Trinajstić information content (AvgIpc) is 3.61. The van der Waals surface area contributed by atoms with E-state index in [1.54, 1.807) is 37.3 Å². The first-order chi connectivity index (χ1) is 17.5. The lowest BCUT2D eigenvalue weighted by Crippen LogP contribution is -2.31. The van der Waals surface area contributed by atoms with Crippen molar-refractivity contribution in [3.63, 3.8) is 0 Å². The number of rotatable bonds is 8. The van der Waals surface area contributed by atoms with Crippen LogP contribution in [-0.2, 0) is 10.5 Å². The zero-order valence-corrected chi connectivity index (χ0v) is 21.0. The normalized spacial score (nSPS) is 15.6. The molecule has 1 aliphatic heterocycles. The molecule has 1 aliphatic rings. The molecule has 0 spiro atoms. The minimum atomic E-state index is -0.939. The van der Waals surface area contributed by atoms with Crippen molar-refractivity contribution in [1.82, 2.24) is 10.2 Å². The van der Waals surface area contributed by atoms with E-state index in [9.17, 15) is 14.7 Å². The van der Waals surface area contributed by atoms with Crippen molar-refractivity contribution in [2.75, 3.05) is 12.0 Å². The molecule has 2 aromatic heterocycles. The molecular formula is C26H21N3O5S2. The van der Waals surface area contributed by atoms with Gasteiger partial charge in [-0.3, -0.25) is 14.5 Å². The summed E-state index contributed by atoms with van der Waals surface area (Å²) in [7, 11) is 1.53. The Bertz CT molecular complexity index is 1460. The van der Waals surface area contributed by atoms with Crippen molar-refractivity contribution in [2.24, 2.45) is 0 Å². The number of aromatic nitrogens is 2. The maximum absolute atomic E-state index is 13.4. The number of ether oxygens (including phenoxy) is 1. The molecule has 182 valence electrons. The van der Waals surface area contributed by atoms with Crippen LogP contribution in [0.15, 0.2) is 86.8 Å². The van der Waals surface area contributed by atoms with Gasteiger partial charge in [0.2, 0.25) is 10.9 Å². The number of nitrogens with zero attached hydrogens (tertiary/aromatic N) is 3. The molecule has 2 aromatic carbocycles. The number of hydrogen-bond donors (Lipinski definition) is 1. The molecule has 5 rings (SSSR count). The molecular weight excluding hydrogens is 498 g/mol. The molecule has 10 heteroatoms. The fourth-order valence-corrected chi connectivity index (χ4v) is 5.75. The van der Waals surface area contributed by atoms with Crippen LogP contribution in [0.2, 0.25) is 0 Å². The van der Waals surface area contributed by atoms with E-state index in [-0.39, 0.29) is 16.5 Å². The number of ketones is 1. The molecule has 1 atom stereocenters. The van der Waals surface area contributed by atoms with E-state index in [1.165, 1.54) is 41.2 Å². The molecule has 4 aromatic rings. The number of aliphatic hydroxyl groups is 1. The van der Waals surface area contributed by atoms with Crippen LogP contribution in [0, 0.1) is 6.92 Å². The van der Waals surface area contributed by atoms with Gasteiger partial charge in [0.1, 0.15) is 11.5 Å². The quantitative estimate of drug-likeness (QED) is 0.184. The number of thioether (sulfide) groups is 1. The van der Waals surface area contributed by atoms with E-state index in [1.807, 2.05) is 30.3 Å². The number of anilines is 1. The second-order valence-electron chi connectivity index (χ2n) is 7.98. The first-order valence-electron chi connectivity index (χ1n) is 11.0. The Morgan fingerprint density at radius 3 is 2.67 bits per heavy atom. The van der Waals surface area contributed by atoms with E-state index in [4.69, 9.17) is 9.15 Å². The summed E-state index contributed by atoms with van der Waals surface area (Å²) >= 11 is 2.71. The number of amides is 1. The van der Waals surface area contributed by atoms with E-state index in [2.05, 4.69) is 10.2 Å². The van der Waals surface area contributed by atoms with Gasteiger partial charge in [-0.15, -0.1) is 10.2 Å². The third kappa shape index (κ3) is 4.52. The first-order valence-corrected chi connectivity index (χ1v) is 12.8. The fraction of sp³-hybridized carbons (Fsp3) is 0.154. The molecule has 1 unspecified atom stereocenters. The van der Waals surface area contributed by atoms with Crippen LogP contribution in [0.5, 0.6) is 5.75 Å². The Morgan fingerprint density at radius 2 is 1.94 bits per heavy atom. The van der Waals surface area contributed by atoms with Crippen LogP contribution < -0.4 is 9.64 Å². The van der Waals surface area contributed by atoms with E-state index in [0.29, 0.717) is 27.2 Å². The third-order valence-electron chi connectivity index (χ3n) is 5.63. The Labute approximate surface area is 215 Å². The Morgan fingerprint density at radius 1 is 1.14 bits per heavy atom. The van der Waals surface area contributed by atoms with Crippen molar-refractivity contribution < 1.29 is 23.8 Å². The first kappa shape index (κ1) is 23.8. The summed E-state index contributed by atoms with van der Waals surface area (Å²) in [4.78, 5) is 28.1. The highest BCUT2D eigenvalue weighted by atomic mass is 32.2. The van der Waals surface area contributed by atoms with E-state index in [0.717, 1.165) is 5.56 Å². The number of carbonyl (C=O) groups is 2. The number of hydrogen-bond acceptors (Lipinski definition) is 9. The summed E-state index contributed by atoms with van der Waals surface area (Å²) in [6.07, 6.45) is 0. The summed E-state index contributed by atoms with van der Waals surface area (Å²) in [5.41, 5.74) is 1.62. The van der Waals surface area contributed by atoms with Gasteiger partial charge in [0.25, 0.3) is 5.91 Å². The maximum atomic E-state index is 13.4. The molecule has 0 radical (unpaired) electrons. The topological polar surface area (TPSA) is 106 Å². The van der Waals surface area contributed by atoms with E-state index >= 15 is 0 Å². The molecule has 1 N–H and O–H groups in total. The average molecular weight is 520 g/mol. The van der Waals surface area contributed by atoms with Gasteiger partial charge < -0.3 is 14.3 Å². The maximum Gasteiger partial charge on any atom is 0.296 e. The lowest BCUT2D eigenvalue weighted by atomic mass is 9.95. The number of carbonyl (C=O) groups excluding carboxylic acids is 2. The van der Waals surface area contributed by atoms with Gasteiger partial charge >= 0.3 is 0 Å². The zero-order valence-electron chi connectivity index (χ0n) is 19.4. The largest absolute Gasteiger partial charge is 0.503 e. The predicted octanol–water partition coefficient (Wildman–Crippen LogP) is 5.52. The highest BCUT2D eigenvalue weighted by molar-refractivity contribution is 8.00. The van der Waals surface area contributed by atoms with Gasteiger partial charge in [0, 0.05) is 5.75 Å². The van der Waals surface area contributed by atoms with Crippen molar-refractivity contribution in [3.05, 3.63) is 101 Å². The molecule has 0 saturated carbocycles. The summed E-state index contributed by atoms with van der Waals surface area (Å²) in [6.45, 7) is 1.71. The van der Waals surface area contributed by atoms with Crippen molar-refractivity contribution in [3.8, 4) is 5.75 Å². The lowest BCUT2D eigenvalue weighted by Gasteiger charge is -2.24. The summed E-state index contributed by atoms with van der Waals surface area (Å²) < 4.78 is 11.5. The van der Waals surface area contributed by atoms with Gasteiger partial charge in [-0.1, -0.05) is 65.6 Å². The molecule has 3 heterocycles. The molecule has 8 nitrogen and oxygen atoms in total. The van der Waals surface area contributed by atoms with Gasteiger partial charge in [-0.2, -0.15) is 0 Å².